The third kappa shape index (κ3) is 1.51. The van der Waals surface area contributed by atoms with E-state index in [0.29, 0.717) is 11.7 Å². The van der Waals surface area contributed by atoms with Crippen LogP contribution >= 0.6 is 0 Å². The maximum Gasteiger partial charge on any atom is 0.143 e. The molecule has 1 nitrogen and oxygen atoms in total. The fourth-order valence-electron chi connectivity index (χ4n) is 3.07. The predicted octanol–water partition coefficient (Wildman–Crippen LogP) is 3.33. The number of Topliss-reactive ketones (excluding diaryl/α,β-unsaturated/α-hetero) is 1. The molecule has 2 aliphatic rings. The van der Waals surface area contributed by atoms with Gasteiger partial charge in [-0.3, -0.25) is 4.79 Å². The van der Waals surface area contributed by atoms with Crippen LogP contribution in [0, 0.1) is 11.8 Å². The number of fused-ring (bicyclic) bond motifs is 2. The zero-order valence-electron chi connectivity index (χ0n) is 9.30. The van der Waals surface area contributed by atoms with Crippen molar-refractivity contribution in [3.05, 3.63) is 48.0 Å². The van der Waals surface area contributed by atoms with Gasteiger partial charge in [0.05, 0.1) is 0 Å². The van der Waals surface area contributed by atoms with Crippen LogP contribution in [-0.4, -0.2) is 5.78 Å². The quantitative estimate of drug-likeness (QED) is 0.653. The normalized spacial score (nSPS) is 32.8. The molecule has 1 saturated carbocycles. The first-order valence-electron chi connectivity index (χ1n) is 6.13. The van der Waals surface area contributed by atoms with E-state index in [4.69, 9.17) is 0 Å². The zero-order valence-corrected chi connectivity index (χ0v) is 9.30. The number of hydrogen-bond donors (Lipinski definition) is 0. The van der Waals surface area contributed by atoms with Gasteiger partial charge in [-0.15, -0.1) is 0 Å². The molecule has 1 heteroatoms. The lowest BCUT2D eigenvalue weighted by atomic mass is 9.68. The van der Waals surface area contributed by atoms with Gasteiger partial charge in [0.25, 0.3) is 0 Å². The number of rotatable bonds is 1. The van der Waals surface area contributed by atoms with Gasteiger partial charge in [-0.1, -0.05) is 48.9 Å². The second kappa shape index (κ2) is 3.89. The van der Waals surface area contributed by atoms with Crippen molar-refractivity contribution < 1.29 is 4.79 Å². The second-order valence-corrected chi connectivity index (χ2v) is 4.87. The number of carbonyl (C=O) groups excluding carboxylic acids is 1. The summed E-state index contributed by atoms with van der Waals surface area (Å²) in [7, 11) is 0. The van der Waals surface area contributed by atoms with Crippen molar-refractivity contribution in [3.63, 3.8) is 0 Å². The Hall–Kier alpha value is -1.37. The Labute approximate surface area is 96.2 Å². The predicted molar refractivity (Wildman–Crippen MR) is 64.2 cm³/mol. The third-order valence-electron chi connectivity index (χ3n) is 3.93. The largest absolute Gasteiger partial charge is 0.299 e. The summed E-state index contributed by atoms with van der Waals surface area (Å²) in [5.74, 6) is 1.26. The van der Waals surface area contributed by atoms with Crippen LogP contribution in [-0.2, 0) is 4.79 Å². The number of hydrogen-bond acceptors (Lipinski definition) is 1. The molecule has 3 rings (SSSR count). The first-order valence-corrected chi connectivity index (χ1v) is 6.13. The Kier molecular flexibility index (Phi) is 2.39. The van der Waals surface area contributed by atoms with Crippen molar-refractivity contribution in [2.24, 2.45) is 11.8 Å². The highest BCUT2D eigenvalue weighted by atomic mass is 16.1. The molecule has 0 aromatic heterocycles. The third-order valence-corrected chi connectivity index (χ3v) is 3.93. The van der Waals surface area contributed by atoms with Crippen LogP contribution in [0.4, 0.5) is 0 Å². The molecule has 3 atom stereocenters. The van der Waals surface area contributed by atoms with Crippen LogP contribution in [0.15, 0.2) is 42.5 Å². The van der Waals surface area contributed by atoms with Crippen LogP contribution in [0.3, 0.4) is 0 Å². The molecule has 0 amide bonds. The second-order valence-electron chi connectivity index (χ2n) is 4.87. The van der Waals surface area contributed by atoms with Gasteiger partial charge in [0.15, 0.2) is 0 Å². The van der Waals surface area contributed by atoms with Gasteiger partial charge in [0, 0.05) is 17.8 Å². The molecule has 1 fully saturated rings. The topological polar surface area (TPSA) is 17.1 Å². The average Bonchev–Trinajstić information content (AvgIpc) is 2.30. The summed E-state index contributed by atoms with van der Waals surface area (Å²) in [5, 5.41) is 0. The van der Waals surface area contributed by atoms with E-state index in [1.165, 1.54) is 12.0 Å². The molecule has 1 aromatic rings. The number of ketones is 1. The lowest BCUT2D eigenvalue weighted by molar-refractivity contribution is -0.128. The minimum atomic E-state index is 0.221. The number of carbonyl (C=O) groups is 1. The molecule has 0 N–H and O–H groups in total. The van der Waals surface area contributed by atoms with Gasteiger partial charge in [-0.05, 0) is 18.4 Å². The van der Waals surface area contributed by atoms with Crippen LogP contribution in [0.5, 0.6) is 0 Å². The maximum absolute atomic E-state index is 12.1. The molecule has 0 radical (unpaired) electrons. The molecular formula is C15H16O. The van der Waals surface area contributed by atoms with E-state index in [-0.39, 0.29) is 11.8 Å². The molecule has 82 valence electrons. The fraction of sp³-hybridized carbons (Fsp3) is 0.400. The first-order chi connectivity index (χ1) is 7.86. The SMILES string of the molecule is O=C1[C@H]2CCC[C@@H]1C=C[C@@H]2c1ccccc1. The summed E-state index contributed by atoms with van der Waals surface area (Å²) >= 11 is 0. The van der Waals surface area contributed by atoms with Gasteiger partial charge in [-0.2, -0.15) is 0 Å². The summed E-state index contributed by atoms with van der Waals surface area (Å²) in [6.45, 7) is 0. The Morgan fingerprint density at radius 3 is 2.62 bits per heavy atom. The van der Waals surface area contributed by atoms with E-state index in [1.807, 2.05) is 6.07 Å². The molecule has 0 unspecified atom stereocenters. The average molecular weight is 212 g/mol. The van der Waals surface area contributed by atoms with Crippen molar-refractivity contribution in [2.45, 2.75) is 25.2 Å². The van der Waals surface area contributed by atoms with Crippen molar-refractivity contribution >= 4 is 5.78 Å². The van der Waals surface area contributed by atoms with Gasteiger partial charge in [0.1, 0.15) is 5.78 Å². The minimum absolute atomic E-state index is 0.221. The molecule has 0 spiro atoms. The van der Waals surface area contributed by atoms with Crippen molar-refractivity contribution in [2.75, 3.05) is 0 Å². The van der Waals surface area contributed by atoms with Crippen LogP contribution in [0.1, 0.15) is 30.7 Å². The molecule has 0 heterocycles. The Balaban J connectivity index is 1.97. The van der Waals surface area contributed by atoms with E-state index < -0.39 is 0 Å². The highest BCUT2D eigenvalue weighted by Crippen LogP contribution is 2.41. The van der Waals surface area contributed by atoms with E-state index in [2.05, 4.69) is 36.4 Å². The Morgan fingerprint density at radius 1 is 1.00 bits per heavy atom. The summed E-state index contributed by atoms with van der Waals surface area (Å²) in [6, 6.07) is 10.4. The summed E-state index contributed by atoms with van der Waals surface area (Å²) in [6.07, 6.45) is 7.72. The number of benzene rings is 1. The van der Waals surface area contributed by atoms with Gasteiger partial charge in [0.2, 0.25) is 0 Å². The molecule has 1 aromatic carbocycles. The van der Waals surface area contributed by atoms with Gasteiger partial charge < -0.3 is 0 Å². The van der Waals surface area contributed by atoms with E-state index in [0.717, 1.165) is 12.8 Å². The Bertz CT molecular complexity index is 418. The zero-order chi connectivity index (χ0) is 11.0. The van der Waals surface area contributed by atoms with Crippen LogP contribution in [0.2, 0.25) is 0 Å². The van der Waals surface area contributed by atoms with Crippen LogP contribution < -0.4 is 0 Å². The molecular weight excluding hydrogens is 196 g/mol. The fourth-order valence-corrected chi connectivity index (χ4v) is 3.07. The molecule has 16 heavy (non-hydrogen) atoms. The van der Waals surface area contributed by atoms with Crippen molar-refractivity contribution in [1.29, 1.82) is 0 Å². The lowest BCUT2D eigenvalue weighted by Crippen LogP contribution is -2.34. The summed E-state index contributed by atoms with van der Waals surface area (Å²) < 4.78 is 0. The molecule has 0 aliphatic heterocycles. The summed E-state index contributed by atoms with van der Waals surface area (Å²) in [4.78, 5) is 12.1. The Morgan fingerprint density at radius 2 is 1.81 bits per heavy atom. The van der Waals surface area contributed by atoms with E-state index in [1.54, 1.807) is 0 Å². The molecule has 0 saturated heterocycles. The maximum atomic E-state index is 12.1. The highest BCUT2D eigenvalue weighted by molar-refractivity contribution is 5.88. The molecule has 2 bridgehead atoms. The van der Waals surface area contributed by atoms with Crippen molar-refractivity contribution in [1.82, 2.24) is 0 Å². The highest BCUT2D eigenvalue weighted by Gasteiger charge is 2.37. The van der Waals surface area contributed by atoms with E-state index in [9.17, 15) is 4.79 Å². The van der Waals surface area contributed by atoms with Gasteiger partial charge >= 0.3 is 0 Å². The first kappa shape index (κ1) is 9.83. The smallest absolute Gasteiger partial charge is 0.143 e. The molecule has 2 aliphatic carbocycles. The summed E-state index contributed by atoms with van der Waals surface area (Å²) in [5.41, 5.74) is 1.29. The minimum Gasteiger partial charge on any atom is -0.299 e. The van der Waals surface area contributed by atoms with E-state index >= 15 is 0 Å². The number of allylic oxidation sites excluding steroid dienone is 2. The van der Waals surface area contributed by atoms with Crippen LogP contribution in [0.25, 0.3) is 0 Å². The van der Waals surface area contributed by atoms with Gasteiger partial charge in [-0.25, -0.2) is 0 Å². The monoisotopic (exact) mass is 212 g/mol. The van der Waals surface area contributed by atoms with Crippen molar-refractivity contribution in [3.8, 4) is 0 Å². The lowest BCUT2D eigenvalue weighted by Gasteiger charge is -2.35. The standard InChI is InChI=1S/C15H16O/c16-15-12-7-4-8-14(15)13(10-9-12)11-5-2-1-3-6-11/h1-3,5-6,9-10,12-14H,4,7-8H2/t12-,13-,14+/m1/s1.